The lowest BCUT2D eigenvalue weighted by Crippen LogP contribution is -2.46. The van der Waals surface area contributed by atoms with Gasteiger partial charge in [-0.2, -0.15) is 5.10 Å². The molecule has 0 amide bonds. The molecule has 8 nitrogen and oxygen atoms in total. The molecule has 0 radical (unpaired) electrons. The molecule has 0 saturated carbocycles. The third kappa shape index (κ3) is 8.04. The molecule has 0 fully saturated rings. The van der Waals surface area contributed by atoms with Crippen LogP contribution in [0.2, 0.25) is 0 Å². The van der Waals surface area contributed by atoms with Crippen LogP contribution in [0.1, 0.15) is 50.0 Å². The summed E-state index contributed by atoms with van der Waals surface area (Å²) < 4.78 is 13.0. The second kappa shape index (κ2) is 11.8. The van der Waals surface area contributed by atoms with Gasteiger partial charge in [0.2, 0.25) is 0 Å². The summed E-state index contributed by atoms with van der Waals surface area (Å²) in [6.45, 7) is 8.73. The highest BCUT2D eigenvalue weighted by Crippen LogP contribution is 2.14. The van der Waals surface area contributed by atoms with Gasteiger partial charge in [0.05, 0.1) is 18.8 Å². The number of nitrogens with one attached hydrogen (secondary N) is 2. The molecule has 2 aromatic rings. The van der Waals surface area contributed by atoms with Crippen LogP contribution in [0.3, 0.4) is 0 Å². The molecule has 1 aliphatic rings. The lowest BCUT2D eigenvalue weighted by Gasteiger charge is -2.25. The van der Waals surface area contributed by atoms with E-state index >= 15 is 0 Å². The summed E-state index contributed by atoms with van der Waals surface area (Å²) in [7, 11) is 3.46. The monoisotopic (exact) mass is 542 g/mol. The van der Waals surface area contributed by atoms with E-state index in [0.717, 1.165) is 37.0 Å². The maximum atomic E-state index is 5.89. The van der Waals surface area contributed by atoms with Crippen LogP contribution in [-0.4, -0.2) is 46.5 Å². The second-order valence-electron chi connectivity index (χ2n) is 8.59. The highest BCUT2D eigenvalue weighted by Gasteiger charge is 2.22. The highest BCUT2D eigenvalue weighted by atomic mass is 127. The summed E-state index contributed by atoms with van der Waals surface area (Å²) in [5.74, 6) is 2.56. The number of halogens is 1. The number of benzene rings is 1. The number of nitrogens with zero attached hydrogens (tertiary/aromatic N) is 4. The highest BCUT2D eigenvalue weighted by molar-refractivity contribution is 14.0. The fourth-order valence-electron chi connectivity index (χ4n) is 3.37. The predicted octanol–water partition coefficient (Wildman–Crippen LogP) is 3.04. The number of guanidine groups is 1. The fraction of sp³-hybridized carbons (Fsp3) is 0.591. The number of hydrogen-bond acceptors (Lipinski definition) is 5. The van der Waals surface area contributed by atoms with Crippen molar-refractivity contribution in [1.29, 1.82) is 0 Å². The Morgan fingerprint density at radius 1 is 1.26 bits per heavy atom. The van der Waals surface area contributed by atoms with Crippen molar-refractivity contribution in [3.8, 4) is 0 Å². The van der Waals surface area contributed by atoms with E-state index in [1.807, 2.05) is 4.68 Å². The number of rotatable bonds is 7. The molecule has 9 heteroatoms. The molecule has 172 valence electrons. The summed E-state index contributed by atoms with van der Waals surface area (Å²) in [4.78, 5) is 8.91. The van der Waals surface area contributed by atoms with Crippen molar-refractivity contribution in [1.82, 2.24) is 25.4 Å². The smallest absolute Gasteiger partial charge is 0.191 e. The number of methoxy groups -OCH3 is 1. The third-order valence-corrected chi connectivity index (χ3v) is 4.86. The summed E-state index contributed by atoms with van der Waals surface area (Å²) >= 11 is 0. The van der Waals surface area contributed by atoms with Crippen LogP contribution in [0.15, 0.2) is 29.3 Å². The molecule has 2 heterocycles. The SMILES string of the molecule is CN=C(NCc1cccc(COC(C)(C)C)c1)NC1CCc2nc(COC)nn2C1.I. The first kappa shape index (κ1) is 25.5. The van der Waals surface area contributed by atoms with Crippen molar-refractivity contribution < 1.29 is 9.47 Å². The minimum Gasteiger partial charge on any atom is -0.377 e. The van der Waals surface area contributed by atoms with Crippen molar-refractivity contribution in [2.75, 3.05) is 14.2 Å². The van der Waals surface area contributed by atoms with E-state index in [1.54, 1.807) is 14.2 Å². The quantitative estimate of drug-likeness (QED) is 0.318. The standard InChI is InChI=1S/C22H34N6O2.HI/c1-22(2,3)30-14-17-8-6-7-16(11-17)12-24-21(23-4)25-18-9-10-20-26-19(15-29-5)27-28(20)13-18;/h6-8,11,18H,9-10,12-15H2,1-5H3,(H2,23,24,25);1H. The number of aliphatic imine (C=N–C) groups is 1. The number of aryl methyl sites for hydroxylation is 1. The molecular formula is C22H35IN6O2. The predicted molar refractivity (Wildman–Crippen MR) is 133 cm³/mol. The molecule has 0 aliphatic carbocycles. The lowest BCUT2D eigenvalue weighted by molar-refractivity contribution is -0.0149. The molecule has 2 N–H and O–H groups in total. The van der Waals surface area contributed by atoms with Gasteiger partial charge in [0, 0.05) is 33.2 Å². The van der Waals surface area contributed by atoms with Crippen LogP contribution >= 0.6 is 24.0 Å². The van der Waals surface area contributed by atoms with Crippen LogP contribution in [0.4, 0.5) is 0 Å². The van der Waals surface area contributed by atoms with Gasteiger partial charge in [-0.25, -0.2) is 9.67 Å². The average molecular weight is 542 g/mol. The van der Waals surface area contributed by atoms with E-state index in [0.29, 0.717) is 19.8 Å². The first-order valence-electron chi connectivity index (χ1n) is 10.5. The van der Waals surface area contributed by atoms with Crippen LogP contribution in [0, 0.1) is 0 Å². The Hall–Kier alpha value is -1.72. The minimum atomic E-state index is -0.144. The molecule has 3 rings (SSSR count). The molecule has 31 heavy (non-hydrogen) atoms. The molecule has 0 saturated heterocycles. The van der Waals surface area contributed by atoms with Crippen molar-refractivity contribution in [3.05, 3.63) is 47.0 Å². The van der Waals surface area contributed by atoms with Gasteiger partial charge in [-0.05, 0) is 38.3 Å². The minimum absolute atomic E-state index is 0. The number of fused-ring (bicyclic) bond motifs is 1. The van der Waals surface area contributed by atoms with Crippen molar-refractivity contribution >= 4 is 29.9 Å². The molecule has 1 aliphatic heterocycles. The fourth-order valence-corrected chi connectivity index (χ4v) is 3.37. The first-order valence-corrected chi connectivity index (χ1v) is 10.5. The Morgan fingerprint density at radius 2 is 2.03 bits per heavy atom. The van der Waals surface area contributed by atoms with Crippen molar-refractivity contribution in [2.45, 2.75) is 71.6 Å². The van der Waals surface area contributed by atoms with Gasteiger partial charge in [-0.15, -0.1) is 24.0 Å². The lowest BCUT2D eigenvalue weighted by atomic mass is 10.1. The van der Waals surface area contributed by atoms with Gasteiger partial charge >= 0.3 is 0 Å². The summed E-state index contributed by atoms with van der Waals surface area (Å²) in [6, 6.07) is 8.70. The molecule has 1 atom stereocenters. The molecule has 1 unspecified atom stereocenters. The largest absolute Gasteiger partial charge is 0.377 e. The Labute approximate surface area is 202 Å². The summed E-state index contributed by atoms with van der Waals surface area (Å²) in [5.41, 5.74) is 2.22. The first-order chi connectivity index (χ1) is 14.4. The van der Waals surface area contributed by atoms with Crippen molar-refractivity contribution in [3.63, 3.8) is 0 Å². The van der Waals surface area contributed by atoms with Crippen molar-refractivity contribution in [2.24, 2.45) is 4.99 Å². The molecule has 1 aromatic heterocycles. The number of hydrogen-bond donors (Lipinski definition) is 2. The molecular weight excluding hydrogens is 507 g/mol. The van der Waals surface area contributed by atoms with Gasteiger partial charge in [0.25, 0.3) is 0 Å². The third-order valence-electron chi connectivity index (χ3n) is 4.86. The van der Waals surface area contributed by atoms with E-state index in [-0.39, 0.29) is 35.6 Å². The summed E-state index contributed by atoms with van der Waals surface area (Å²) in [6.07, 6.45) is 1.88. The van der Waals surface area contributed by atoms with Crippen LogP contribution in [-0.2, 0) is 42.2 Å². The zero-order chi connectivity index (χ0) is 21.6. The number of aromatic nitrogens is 3. The van der Waals surface area contributed by atoms with Gasteiger partial charge in [-0.3, -0.25) is 4.99 Å². The van der Waals surface area contributed by atoms with Crippen LogP contribution in [0.5, 0.6) is 0 Å². The Kier molecular flexibility index (Phi) is 9.70. The zero-order valence-electron chi connectivity index (χ0n) is 19.1. The normalized spacial score (nSPS) is 16.4. The Balaban J connectivity index is 0.00000341. The topological polar surface area (TPSA) is 85.6 Å². The Bertz CT molecular complexity index is 862. The molecule has 0 bridgehead atoms. The number of ether oxygens (including phenoxy) is 2. The van der Waals surface area contributed by atoms with Gasteiger partial charge in [0.15, 0.2) is 11.8 Å². The Morgan fingerprint density at radius 3 is 2.74 bits per heavy atom. The summed E-state index contributed by atoms with van der Waals surface area (Å²) in [5, 5.41) is 11.5. The van der Waals surface area contributed by atoms with E-state index in [1.165, 1.54) is 11.1 Å². The zero-order valence-corrected chi connectivity index (χ0v) is 21.5. The maximum Gasteiger partial charge on any atom is 0.191 e. The van der Waals surface area contributed by atoms with E-state index < -0.39 is 0 Å². The van der Waals surface area contributed by atoms with E-state index in [4.69, 9.17) is 9.47 Å². The van der Waals surface area contributed by atoms with Gasteiger partial charge in [0.1, 0.15) is 12.4 Å². The van der Waals surface area contributed by atoms with Gasteiger partial charge in [-0.1, -0.05) is 24.3 Å². The molecule has 1 aromatic carbocycles. The average Bonchev–Trinajstić information content (AvgIpc) is 3.11. The van der Waals surface area contributed by atoms with E-state index in [2.05, 4.69) is 70.7 Å². The molecule has 0 spiro atoms. The maximum absolute atomic E-state index is 5.89. The van der Waals surface area contributed by atoms with Crippen LogP contribution < -0.4 is 10.6 Å². The van der Waals surface area contributed by atoms with Crippen LogP contribution in [0.25, 0.3) is 0 Å². The van der Waals surface area contributed by atoms with E-state index in [9.17, 15) is 0 Å². The second-order valence-corrected chi connectivity index (χ2v) is 8.59. The van der Waals surface area contributed by atoms with Gasteiger partial charge < -0.3 is 20.1 Å².